The van der Waals surface area contributed by atoms with E-state index in [0.29, 0.717) is 5.69 Å². The Balaban J connectivity index is 1.67. The molecule has 7 heteroatoms. The van der Waals surface area contributed by atoms with Gasteiger partial charge in [0.15, 0.2) is 11.8 Å². The third-order valence-corrected chi connectivity index (χ3v) is 4.51. The highest BCUT2D eigenvalue weighted by Gasteiger charge is 2.27. The van der Waals surface area contributed by atoms with Crippen LogP contribution in [0.5, 0.6) is 0 Å². The van der Waals surface area contributed by atoms with Gasteiger partial charge >= 0.3 is 5.97 Å². The first-order valence-corrected chi connectivity index (χ1v) is 9.05. The Morgan fingerprint density at radius 1 is 1.04 bits per heavy atom. The normalized spacial score (nSPS) is 16.0. The second-order valence-electron chi connectivity index (χ2n) is 6.55. The van der Waals surface area contributed by atoms with Gasteiger partial charge in [0.25, 0.3) is 5.91 Å². The summed E-state index contributed by atoms with van der Waals surface area (Å²) < 4.78 is 5.38. The summed E-state index contributed by atoms with van der Waals surface area (Å²) in [6.45, 7) is 4.76. The molecule has 0 saturated carbocycles. The van der Waals surface area contributed by atoms with Gasteiger partial charge in [0.05, 0.1) is 11.4 Å². The van der Waals surface area contributed by atoms with Crippen molar-refractivity contribution in [3.63, 3.8) is 0 Å². The third-order valence-electron chi connectivity index (χ3n) is 4.51. The van der Waals surface area contributed by atoms with Crippen LogP contribution in [-0.4, -0.2) is 51.0 Å². The molecule has 1 aromatic heterocycles. The van der Waals surface area contributed by atoms with Crippen LogP contribution >= 0.6 is 0 Å². The summed E-state index contributed by atoms with van der Waals surface area (Å²) in [4.78, 5) is 28.2. The number of ether oxygens (including phenoxy) is 1. The number of nitrogens with zero attached hydrogens (tertiary/aromatic N) is 4. The minimum Gasteiger partial charge on any atom is -0.448 e. The largest absolute Gasteiger partial charge is 0.448 e. The zero-order valence-corrected chi connectivity index (χ0v) is 15.2. The maximum absolute atomic E-state index is 12.5. The Morgan fingerprint density at radius 2 is 1.69 bits per heavy atom. The Kier molecular flexibility index (Phi) is 5.65. The van der Waals surface area contributed by atoms with Crippen LogP contribution in [-0.2, 0) is 9.53 Å². The van der Waals surface area contributed by atoms with Gasteiger partial charge in [0, 0.05) is 13.1 Å². The molecule has 138 valence electrons. The van der Waals surface area contributed by atoms with E-state index in [1.807, 2.05) is 30.3 Å². The lowest BCUT2D eigenvalue weighted by Crippen LogP contribution is -2.40. The van der Waals surface area contributed by atoms with Crippen molar-refractivity contribution in [2.45, 2.75) is 45.6 Å². The highest BCUT2D eigenvalue weighted by atomic mass is 16.5. The van der Waals surface area contributed by atoms with Crippen LogP contribution in [0.1, 0.15) is 48.8 Å². The number of likely N-dealkylation sites (tertiary alicyclic amines) is 1. The van der Waals surface area contributed by atoms with Gasteiger partial charge in [-0.15, -0.1) is 5.10 Å². The monoisotopic (exact) mass is 356 g/mol. The molecule has 0 bridgehead atoms. The predicted molar refractivity (Wildman–Crippen MR) is 96.0 cm³/mol. The summed E-state index contributed by atoms with van der Waals surface area (Å²) in [5.41, 5.74) is 1.35. The van der Waals surface area contributed by atoms with E-state index in [0.717, 1.165) is 44.5 Å². The van der Waals surface area contributed by atoms with E-state index in [1.165, 1.54) is 4.80 Å². The molecule has 1 aliphatic heterocycles. The summed E-state index contributed by atoms with van der Waals surface area (Å²) >= 11 is 0. The first-order valence-electron chi connectivity index (χ1n) is 9.05. The molecule has 2 heterocycles. The van der Waals surface area contributed by atoms with Crippen molar-refractivity contribution in [2.24, 2.45) is 0 Å². The number of aryl methyl sites for hydroxylation is 1. The summed E-state index contributed by atoms with van der Waals surface area (Å²) in [6, 6.07) is 9.33. The van der Waals surface area contributed by atoms with Crippen LogP contribution in [0.15, 0.2) is 30.3 Å². The summed E-state index contributed by atoms with van der Waals surface area (Å²) in [6.07, 6.45) is 3.44. The average molecular weight is 356 g/mol. The van der Waals surface area contributed by atoms with Gasteiger partial charge in [-0.2, -0.15) is 9.90 Å². The number of benzene rings is 1. The third kappa shape index (κ3) is 4.09. The van der Waals surface area contributed by atoms with Crippen LogP contribution in [0.25, 0.3) is 5.69 Å². The standard InChI is InChI=1S/C19H24N4O3/c1-14-17(21-23(20-14)16-10-6-5-7-11-16)19(25)26-15(2)18(24)22-12-8-3-4-9-13-22/h5-7,10-11,15H,3-4,8-9,12-13H2,1-2H3/t15-/m0/s1. The average Bonchev–Trinajstić information content (AvgIpc) is 2.86. The van der Waals surface area contributed by atoms with Crippen molar-refractivity contribution >= 4 is 11.9 Å². The highest BCUT2D eigenvalue weighted by molar-refractivity contribution is 5.91. The Labute approximate surface area is 152 Å². The number of esters is 1. The molecule has 7 nitrogen and oxygen atoms in total. The fourth-order valence-electron chi connectivity index (χ4n) is 3.06. The smallest absolute Gasteiger partial charge is 0.361 e. The molecule has 0 N–H and O–H groups in total. The minimum absolute atomic E-state index is 0.129. The molecular weight excluding hydrogens is 332 g/mol. The lowest BCUT2D eigenvalue weighted by molar-refractivity contribution is -0.139. The van der Waals surface area contributed by atoms with E-state index in [2.05, 4.69) is 10.2 Å². The van der Waals surface area contributed by atoms with Gasteiger partial charge in [0.1, 0.15) is 0 Å². The number of carbonyl (C=O) groups is 2. The minimum atomic E-state index is -0.832. The van der Waals surface area contributed by atoms with Gasteiger partial charge < -0.3 is 9.64 Å². The van der Waals surface area contributed by atoms with E-state index in [-0.39, 0.29) is 11.6 Å². The van der Waals surface area contributed by atoms with E-state index in [1.54, 1.807) is 18.7 Å². The number of amides is 1. The van der Waals surface area contributed by atoms with Crippen LogP contribution < -0.4 is 0 Å². The molecule has 3 rings (SSSR count). The predicted octanol–water partition coefficient (Wildman–Crippen LogP) is 2.52. The number of para-hydroxylation sites is 1. The van der Waals surface area contributed by atoms with Gasteiger partial charge in [-0.25, -0.2) is 4.79 Å². The molecule has 0 spiro atoms. The molecule has 2 aromatic rings. The van der Waals surface area contributed by atoms with Crippen molar-refractivity contribution in [2.75, 3.05) is 13.1 Å². The fourth-order valence-corrected chi connectivity index (χ4v) is 3.06. The highest BCUT2D eigenvalue weighted by Crippen LogP contribution is 2.14. The summed E-state index contributed by atoms with van der Waals surface area (Å²) in [5.74, 6) is -0.770. The molecule has 0 aliphatic carbocycles. The van der Waals surface area contributed by atoms with Crippen molar-refractivity contribution in [3.05, 3.63) is 41.7 Å². The Hall–Kier alpha value is -2.70. The van der Waals surface area contributed by atoms with Gasteiger partial charge in [-0.05, 0) is 38.8 Å². The van der Waals surface area contributed by atoms with Gasteiger partial charge in [0.2, 0.25) is 0 Å². The van der Waals surface area contributed by atoms with E-state index in [4.69, 9.17) is 4.74 Å². The molecule has 0 unspecified atom stereocenters. The van der Waals surface area contributed by atoms with Crippen LogP contribution in [0.2, 0.25) is 0 Å². The van der Waals surface area contributed by atoms with E-state index >= 15 is 0 Å². The molecule has 26 heavy (non-hydrogen) atoms. The second kappa shape index (κ2) is 8.12. The molecular formula is C19H24N4O3. The summed E-state index contributed by atoms with van der Waals surface area (Å²) in [7, 11) is 0. The quantitative estimate of drug-likeness (QED) is 0.787. The SMILES string of the molecule is Cc1nn(-c2ccccc2)nc1C(=O)O[C@@H](C)C(=O)N1CCCCCC1. The lowest BCUT2D eigenvalue weighted by Gasteiger charge is -2.23. The van der Waals surface area contributed by atoms with E-state index in [9.17, 15) is 9.59 Å². The fraction of sp³-hybridized carbons (Fsp3) is 0.474. The van der Waals surface area contributed by atoms with Crippen LogP contribution in [0.4, 0.5) is 0 Å². The maximum Gasteiger partial charge on any atom is 0.361 e. The number of hydrogen-bond acceptors (Lipinski definition) is 5. The van der Waals surface area contributed by atoms with Gasteiger partial charge in [-0.3, -0.25) is 4.79 Å². The molecule has 1 saturated heterocycles. The number of hydrogen-bond donors (Lipinski definition) is 0. The Morgan fingerprint density at radius 3 is 2.35 bits per heavy atom. The van der Waals surface area contributed by atoms with E-state index < -0.39 is 12.1 Å². The topological polar surface area (TPSA) is 77.3 Å². The number of carbonyl (C=O) groups excluding carboxylic acids is 2. The van der Waals surface area contributed by atoms with Crippen molar-refractivity contribution in [3.8, 4) is 5.69 Å². The molecule has 1 amide bonds. The van der Waals surface area contributed by atoms with Crippen molar-refractivity contribution < 1.29 is 14.3 Å². The Bertz CT molecular complexity index is 764. The maximum atomic E-state index is 12.5. The number of rotatable bonds is 4. The summed E-state index contributed by atoms with van der Waals surface area (Å²) in [5, 5.41) is 8.49. The zero-order chi connectivity index (χ0) is 18.5. The molecule has 1 atom stereocenters. The van der Waals surface area contributed by atoms with Crippen LogP contribution in [0, 0.1) is 6.92 Å². The van der Waals surface area contributed by atoms with Crippen LogP contribution in [0.3, 0.4) is 0 Å². The van der Waals surface area contributed by atoms with Crippen molar-refractivity contribution in [1.29, 1.82) is 0 Å². The van der Waals surface area contributed by atoms with Gasteiger partial charge in [-0.1, -0.05) is 31.0 Å². The first kappa shape index (κ1) is 18.1. The molecule has 1 fully saturated rings. The molecule has 1 aromatic carbocycles. The first-order chi connectivity index (χ1) is 12.6. The molecule has 1 aliphatic rings. The zero-order valence-electron chi connectivity index (χ0n) is 15.2. The molecule has 0 radical (unpaired) electrons. The van der Waals surface area contributed by atoms with Crippen molar-refractivity contribution in [1.82, 2.24) is 19.9 Å². The lowest BCUT2D eigenvalue weighted by atomic mass is 10.2. The number of aromatic nitrogens is 3. The second-order valence-corrected chi connectivity index (χ2v) is 6.55.